The number of benzene rings is 4. The molecule has 5 atom stereocenters. The Morgan fingerprint density at radius 3 is 2.32 bits per heavy atom. The highest BCUT2D eigenvalue weighted by atomic mass is 16.7. The van der Waals surface area contributed by atoms with Crippen LogP contribution in [0.1, 0.15) is 41.6 Å². The molecule has 1 aliphatic rings. The van der Waals surface area contributed by atoms with Gasteiger partial charge in [0.1, 0.15) is 6.04 Å². The van der Waals surface area contributed by atoms with Gasteiger partial charge in [-0.05, 0) is 41.0 Å². The van der Waals surface area contributed by atoms with Crippen molar-refractivity contribution in [3.05, 3.63) is 132 Å². The second-order valence-corrected chi connectivity index (χ2v) is 11.7. The van der Waals surface area contributed by atoms with E-state index in [1.165, 1.54) is 7.11 Å². The number of para-hydroxylation sites is 2. The Labute approximate surface area is 273 Å². The number of urea groups is 1. The number of carbonyl (C=O) groups excluding carboxylic acids is 2. The minimum absolute atomic E-state index is 0.00401. The van der Waals surface area contributed by atoms with Crippen LogP contribution in [-0.4, -0.2) is 45.9 Å². The monoisotopic (exact) mass is 634 g/mol. The van der Waals surface area contributed by atoms with Crippen LogP contribution in [0, 0.1) is 5.92 Å². The van der Waals surface area contributed by atoms with Gasteiger partial charge in [-0.2, -0.15) is 0 Å². The first-order valence-electron chi connectivity index (χ1n) is 15.6. The minimum Gasteiger partial charge on any atom is -0.467 e. The number of methoxy groups -OCH3 is 1. The van der Waals surface area contributed by atoms with E-state index in [4.69, 9.17) is 14.2 Å². The van der Waals surface area contributed by atoms with Gasteiger partial charge in [-0.15, -0.1) is 0 Å². The van der Waals surface area contributed by atoms with Crippen molar-refractivity contribution in [2.24, 2.45) is 5.92 Å². The highest BCUT2D eigenvalue weighted by Gasteiger charge is 2.38. The van der Waals surface area contributed by atoms with Gasteiger partial charge in [0.25, 0.3) is 0 Å². The van der Waals surface area contributed by atoms with Crippen LogP contribution in [0.2, 0.25) is 0 Å². The summed E-state index contributed by atoms with van der Waals surface area (Å²) in [6.07, 6.45) is 0.981. The number of hydrogen-bond acceptors (Lipinski definition) is 7. The van der Waals surface area contributed by atoms with Crippen molar-refractivity contribution in [1.82, 2.24) is 14.9 Å². The van der Waals surface area contributed by atoms with Crippen LogP contribution in [0.4, 0.5) is 10.5 Å². The molecule has 1 fully saturated rings. The zero-order chi connectivity index (χ0) is 32.8. The van der Waals surface area contributed by atoms with E-state index in [-0.39, 0.29) is 24.7 Å². The number of nitrogens with zero attached hydrogens (tertiary/aromatic N) is 2. The summed E-state index contributed by atoms with van der Waals surface area (Å²) in [5, 5.41) is 15.1. The molecule has 3 N–H and O–H groups in total. The maximum Gasteiger partial charge on any atom is 0.328 e. The number of nitrogens with one attached hydrogen (secondary N) is 2. The molecule has 0 spiro atoms. The zero-order valence-corrected chi connectivity index (χ0v) is 26.3. The van der Waals surface area contributed by atoms with Crippen LogP contribution in [0.25, 0.3) is 11.0 Å². The summed E-state index contributed by atoms with van der Waals surface area (Å²) in [5.74, 6) is -0.533. The highest BCUT2D eigenvalue weighted by molar-refractivity contribution is 5.92. The molecule has 2 heterocycles. The number of fused-ring (bicyclic) bond motifs is 1. The summed E-state index contributed by atoms with van der Waals surface area (Å²) in [6, 6.07) is 31.1. The average molecular weight is 635 g/mol. The van der Waals surface area contributed by atoms with E-state index in [0.717, 1.165) is 33.3 Å². The first-order valence-corrected chi connectivity index (χ1v) is 15.6. The van der Waals surface area contributed by atoms with E-state index in [2.05, 4.69) is 27.1 Å². The average Bonchev–Trinajstić information content (AvgIpc) is 3.52. The van der Waals surface area contributed by atoms with Crippen molar-refractivity contribution >= 4 is 28.7 Å². The van der Waals surface area contributed by atoms with Crippen LogP contribution in [0.5, 0.6) is 0 Å². The Balaban J connectivity index is 1.18. The van der Waals surface area contributed by atoms with E-state index in [9.17, 15) is 14.7 Å². The Bertz CT molecular complexity index is 1790. The molecule has 0 aliphatic carbocycles. The third-order valence-corrected chi connectivity index (χ3v) is 8.54. The molecule has 5 aromatic rings. The second kappa shape index (κ2) is 14.6. The van der Waals surface area contributed by atoms with E-state index >= 15 is 0 Å². The smallest absolute Gasteiger partial charge is 0.328 e. The number of ether oxygens (including phenoxy) is 3. The van der Waals surface area contributed by atoms with Crippen LogP contribution in [0.15, 0.2) is 109 Å². The Morgan fingerprint density at radius 2 is 1.60 bits per heavy atom. The number of carbonyl (C=O) groups is 2. The molecule has 1 saturated heterocycles. The number of esters is 1. The lowest BCUT2D eigenvalue weighted by molar-refractivity contribution is -0.276. The normalized spacial score (nSPS) is 20.0. The summed E-state index contributed by atoms with van der Waals surface area (Å²) >= 11 is 0. The lowest BCUT2D eigenvalue weighted by atomic mass is 9.90. The molecule has 0 saturated carbocycles. The predicted octanol–water partition coefficient (Wildman–Crippen LogP) is 5.93. The maximum atomic E-state index is 12.9. The van der Waals surface area contributed by atoms with Gasteiger partial charge in [-0.1, -0.05) is 85.8 Å². The number of amides is 2. The second-order valence-electron chi connectivity index (χ2n) is 11.7. The molecule has 10 nitrogen and oxygen atoms in total. The molecule has 4 aromatic carbocycles. The lowest BCUT2D eigenvalue weighted by Gasteiger charge is -2.41. The van der Waals surface area contributed by atoms with Gasteiger partial charge in [-0.25, -0.2) is 14.6 Å². The number of aromatic nitrogens is 2. The molecular formula is C37H38N4O6. The summed E-state index contributed by atoms with van der Waals surface area (Å²) in [6.45, 7) is 2.67. The first-order chi connectivity index (χ1) is 22.9. The summed E-state index contributed by atoms with van der Waals surface area (Å²) < 4.78 is 20.2. The Kier molecular flexibility index (Phi) is 9.92. The summed E-state index contributed by atoms with van der Waals surface area (Å²) in [4.78, 5) is 29.8. The highest BCUT2D eigenvalue weighted by Crippen LogP contribution is 2.42. The van der Waals surface area contributed by atoms with E-state index < -0.39 is 24.3 Å². The van der Waals surface area contributed by atoms with Crippen molar-refractivity contribution in [3.63, 3.8) is 0 Å². The molecule has 0 bridgehead atoms. The Hall–Kier alpha value is -5.03. The standard InChI is InChI=1S/C37H38N4O6/c1-24-33(21-41-23-38-30-10-6-7-11-32(30)41)46-36(47-34(24)27-14-12-26(22-42)13-15-27)28-16-18-29(19-17-28)39-37(44)40-31(35(43)45-2)20-25-8-4-3-5-9-25/h3-19,23-24,31,33-34,36,42H,20-22H2,1-2H3,(H2,39,40,44)/t24-,31+,33+,34+,36+/m1/s1. The van der Waals surface area contributed by atoms with Crippen LogP contribution in [0.3, 0.4) is 0 Å². The van der Waals surface area contributed by atoms with Gasteiger partial charge in [-0.3, -0.25) is 0 Å². The fourth-order valence-electron chi connectivity index (χ4n) is 5.91. The number of aliphatic hydroxyl groups excluding tert-OH is 1. The largest absolute Gasteiger partial charge is 0.467 e. The molecule has 1 aliphatic heterocycles. The number of rotatable bonds is 10. The van der Waals surface area contributed by atoms with Crippen LogP contribution in [-0.2, 0) is 38.6 Å². The Morgan fingerprint density at radius 1 is 0.894 bits per heavy atom. The SMILES string of the molecule is COC(=O)[C@H](Cc1ccccc1)NC(=O)Nc1ccc([C@H]2O[C@@H](Cn3cnc4ccccc43)[C@@H](C)[C@@H](c3ccc(CO)cc3)O2)cc1. The van der Waals surface area contributed by atoms with Crippen molar-refractivity contribution < 1.29 is 28.9 Å². The zero-order valence-electron chi connectivity index (χ0n) is 26.3. The molecular weight excluding hydrogens is 596 g/mol. The topological polar surface area (TPSA) is 124 Å². The molecule has 6 rings (SSSR count). The van der Waals surface area contributed by atoms with Gasteiger partial charge in [0.2, 0.25) is 0 Å². The van der Waals surface area contributed by atoms with Gasteiger partial charge >= 0.3 is 12.0 Å². The van der Waals surface area contributed by atoms with E-state index in [1.807, 2.05) is 97.3 Å². The molecule has 0 unspecified atom stereocenters. The van der Waals surface area contributed by atoms with Crippen LogP contribution < -0.4 is 10.6 Å². The number of aliphatic hydroxyl groups is 1. The third-order valence-electron chi connectivity index (χ3n) is 8.54. The molecule has 47 heavy (non-hydrogen) atoms. The summed E-state index contributed by atoms with van der Waals surface area (Å²) in [7, 11) is 1.30. The number of anilines is 1. The maximum absolute atomic E-state index is 12.9. The van der Waals surface area contributed by atoms with Gasteiger partial charge in [0.05, 0.1) is 49.8 Å². The molecule has 1 aromatic heterocycles. The summed E-state index contributed by atoms with van der Waals surface area (Å²) in [5.41, 5.74) is 6.00. The van der Waals surface area contributed by atoms with Gasteiger partial charge in [0, 0.05) is 23.6 Å². The van der Waals surface area contributed by atoms with E-state index in [0.29, 0.717) is 18.7 Å². The van der Waals surface area contributed by atoms with Crippen molar-refractivity contribution in [3.8, 4) is 0 Å². The molecule has 0 radical (unpaired) electrons. The fraction of sp³-hybridized carbons (Fsp3) is 0.270. The van der Waals surface area contributed by atoms with Crippen molar-refractivity contribution in [2.45, 2.75) is 51.0 Å². The van der Waals surface area contributed by atoms with Gasteiger partial charge in [0.15, 0.2) is 6.29 Å². The molecule has 10 heteroatoms. The minimum atomic E-state index is -0.847. The van der Waals surface area contributed by atoms with Crippen molar-refractivity contribution in [1.29, 1.82) is 0 Å². The molecule has 242 valence electrons. The fourth-order valence-corrected chi connectivity index (χ4v) is 5.91. The van der Waals surface area contributed by atoms with E-state index in [1.54, 1.807) is 12.1 Å². The number of imidazole rings is 1. The van der Waals surface area contributed by atoms with Gasteiger partial charge < -0.3 is 34.5 Å². The number of hydrogen-bond donors (Lipinski definition) is 3. The molecule has 2 amide bonds. The lowest BCUT2D eigenvalue weighted by Crippen LogP contribution is -2.45. The third kappa shape index (κ3) is 7.52. The van der Waals surface area contributed by atoms with Crippen LogP contribution >= 0.6 is 0 Å². The van der Waals surface area contributed by atoms with Crippen molar-refractivity contribution in [2.75, 3.05) is 12.4 Å². The predicted molar refractivity (Wildman–Crippen MR) is 177 cm³/mol. The quantitative estimate of drug-likeness (QED) is 0.163. The first kappa shape index (κ1) is 31.9.